The maximum Gasteiger partial charge on any atom is 0.119 e. The molecule has 0 saturated carbocycles. The van der Waals surface area contributed by atoms with Crippen molar-refractivity contribution in [2.45, 2.75) is 25.7 Å². The van der Waals surface area contributed by atoms with Crippen LogP contribution in [0, 0.1) is 0 Å². The average molecular weight is 302 g/mol. The van der Waals surface area contributed by atoms with E-state index in [4.69, 9.17) is 0 Å². The maximum absolute atomic E-state index is 10.5. The fourth-order valence-corrected chi connectivity index (χ4v) is 3.05. The third-order valence-electron chi connectivity index (χ3n) is 4.62. The van der Waals surface area contributed by atoms with Crippen molar-refractivity contribution in [3.05, 3.63) is 101 Å². The summed E-state index contributed by atoms with van der Waals surface area (Å²) < 4.78 is 0. The molecule has 116 valence electrons. The molecule has 3 rings (SSSR count). The van der Waals surface area contributed by atoms with Gasteiger partial charge in [-0.2, -0.15) is 0 Å². The van der Waals surface area contributed by atoms with E-state index in [0.717, 1.165) is 11.1 Å². The van der Waals surface area contributed by atoms with Crippen LogP contribution in [0.1, 0.15) is 47.9 Å². The zero-order valence-electron chi connectivity index (χ0n) is 13.6. The summed E-state index contributed by atoms with van der Waals surface area (Å²) in [4.78, 5) is 0. The first kappa shape index (κ1) is 15.4. The van der Waals surface area contributed by atoms with E-state index in [2.05, 4.69) is 62.4 Å². The van der Waals surface area contributed by atoms with Gasteiger partial charge in [0.2, 0.25) is 0 Å². The van der Waals surface area contributed by atoms with E-state index in [1.807, 2.05) is 30.3 Å². The number of phenols is 1. The summed E-state index contributed by atoms with van der Waals surface area (Å²) in [6.07, 6.45) is 0. The topological polar surface area (TPSA) is 20.2 Å². The third kappa shape index (κ3) is 3.29. The van der Waals surface area contributed by atoms with Crippen LogP contribution >= 0.6 is 0 Å². The van der Waals surface area contributed by atoms with Crippen molar-refractivity contribution in [1.29, 1.82) is 0 Å². The first-order valence-electron chi connectivity index (χ1n) is 8.09. The molecular weight excluding hydrogens is 280 g/mol. The van der Waals surface area contributed by atoms with Crippen LogP contribution in [0.15, 0.2) is 78.9 Å². The summed E-state index contributed by atoms with van der Waals surface area (Å²) >= 11 is 0. The quantitative estimate of drug-likeness (QED) is 0.656. The predicted octanol–water partition coefficient (Wildman–Crippen LogP) is 5.70. The highest BCUT2D eigenvalue weighted by atomic mass is 16.3. The number of phenolic OH excluding ortho intramolecular Hbond substituents is 1. The van der Waals surface area contributed by atoms with Crippen molar-refractivity contribution in [3.63, 3.8) is 0 Å². The van der Waals surface area contributed by atoms with Gasteiger partial charge in [-0.25, -0.2) is 0 Å². The molecule has 0 aromatic heterocycles. The molecular formula is C22H22O. The van der Waals surface area contributed by atoms with Crippen molar-refractivity contribution in [3.8, 4) is 5.75 Å². The fourth-order valence-electron chi connectivity index (χ4n) is 3.05. The Morgan fingerprint density at radius 1 is 0.609 bits per heavy atom. The largest absolute Gasteiger partial charge is 0.508 e. The summed E-state index contributed by atoms with van der Waals surface area (Å²) in [5.74, 6) is 0.821. The van der Waals surface area contributed by atoms with Gasteiger partial charge in [0.15, 0.2) is 0 Å². The van der Waals surface area contributed by atoms with E-state index in [9.17, 15) is 5.11 Å². The van der Waals surface area contributed by atoms with E-state index < -0.39 is 0 Å². The average Bonchev–Trinajstić information content (AvgIpc) is 2.62. The summed E-state index contributed by atoms with van der Waals surface area (Å²) in [6, 6.07) is 26.8. The zero-order valence-corrected chi connectivity index (χ0v) is 13.6. The molecule has 0 bridgehead atoms. The molecule has 1 N–H and O–H groups in total. The highest BCUT2D eigenvalue weighted by Crippen LogP contribution is 2.34. The minimum atomic E-state index is 0.178. The van der Waals surface area contributed by atoms with Gasteiger partial charge in [-0.15, -0.1) is 0 Å². The molecule has 0 amide bonds. The lowest BCUT2D eigenvalue weighted by Gasteiger charge is -2.18. The summed E-state index contributed by atoms with van der Waals surface area (Å²) in [5.41, 5.74) is 4.58. The molecule has 0 fully saturated rings. The Hall–Kier alpha value is -2.54. The molecule has 2 atom stereocenters. The van der Waals surface area contributed by atoms with E-state index in [1.165, 1.54) is 11.1 Å². The molecule has 0 saturated heterocycles. The van der Waals surface area contributed by atoms with Crippen LogP contribution in [-0.2, 0) is 0 Å². The van der Waals surface area contributed by atoms with E-state index in [-0.39, 0.29) is 11.8 Å². The molecule has 1 heteroatoms. The Labute approximate surface area is 138 Å². The minimum absolute atomic E-state index is 0.178. The van der Waals surface area contributed by atoms with Gasteiger partial charge in [-0.1, -0.05) is 86.6 Å². The second-order valence-electron chi connectivity index (χ2n) is 6.08. The van der Waals surface area contributed by atoms with Gasteiger partial charge in [0.1, 0.15) is 5.75 Å². The van der Waals surface area contributed by atoms with Crippen LogP contribution in [0.25, 0.3) is 0 Å². The van der Waals surface area contributed by atoms with Crippen molar-refractivity contribution >= 4 is 0 Å². The predicted molar refractivity (Wildman–Crippen MR) is 96.0 cm³/mol. The molecule has 3 aromatic rings. The van der Waals surface area contributed by atoms with E-state index in [1.54, 1.807) is 0 Å². The molecule has 0 aliphatic carbocycles. The Morgan fingerprint density at radius 3 is 1.65 bits per heavy atom. The number of benzene rings is 3. The first-order valence-corrected chi connectivity index (χ1v) is 8.09. The summed E-state index contributed by atoms with van der Waals surface area (Å²) in [6.45, 7) is 4.30. The Kier molecular flexibility index (Phi) is 4.47. The van der Waals surface area contributed by atoms with Crippen LogP contribution in [0.3, 0.4) is 0 Å². The molecule has 1 nitrogen and oxygen atoms in total. The van der Waals surface area contributed by atoms with Crippen molar-refractivity contribution in [2.75, 3.05) is 0 Å². The molecule has 3 aromatic carbocycles. The standard InChI is InChI=1S/C22H22O/c1-16(18-9-5-3-6-10-18)20-13-14-21(22(23)15-20)17(2)19-11-7-4-8-12-19/h3-17,23H,1-2H3. The van der Waals surface area contributed by atoms with Crippen LogP contribution in [0.2, 0.25) is 0 Å². The zero-order chi connectivity index (χ0) is 16.2. The van der Waals surface area contributed by atoms with Gasteiger partial charge < -0.3 is 5.11 Å². The lowest BCUT2D eigenvalue weighted by molar-refractivity contribution is 0.465. The Morgan fingerprint density at radius 2 is 1.13 bits per heavy atom. The highest BCUT2D eigenvalue weighted by Gasteiger charge is 2.15. The summed E-state index contributed by atoms with van der Waals surface area (Å²) in [7, 11) is 0. The van der Waals surface area contributed by atoms with Gasteiger partial charge in [-0.3, -0.25) is 0 Å². The van der Waals surface area contributed by atoms with Gasteiger partial charge in [0, 0.05) is 17.4 Å². The van der Waals surface area contributed by atoms with Gasteiger partial charge in [0.25, 0.3) is 0 Å². The molecule has 0 radical (unpaired) electrons. The van der Waals surface area contributed by atoms with Gasteiger partial charge in [-0.05, 0) is 22.8 Å². The van der Waals surface area contributed by atoms with Crippen LogP contribution in [-0.4, -0.2) is 5.11 Å². The maximum atomic E-state index is 10.5. The van der Waals surface area contributed by atoms with Crippen LogP contribution in [0.5, 0.6) is 5.75 Å². The number of aromatic hydroxyl groups is 1. The van der Waals surface area contributed by atoms with Crippen molar-refractivity contribution in [2.24, 2.45) is 0 Å². The molecule has 2 unspecified atom stereocenters. The Bertz CT molecular complexity index is 762. The molecule has 0 heterocycles. The lowest BCUT2D eigenvalue weighted by Crippen LogP contribution is -2.00. The SMILES string of the molecule is CC(c1ccccc1)c1ccc(C(C)c2ccccc2)c(O)c1. The van der Waals surface area contributed by atoms with E-state index in [0.29, 0.717) is 5.75 Å². The number of rotatable bonds is 4. The molecule has 23 heavy (non-hydrogen) atoms. The monoisotopic (exact) mass is 302 g/mol. The molecule has 0 aliphatic heterocycles. The minimum Gasteiger partial charge on any atom is -0.508 e. The highest BCUT2D eigenvalue weighted by molar-refractivity contribution is 5.45. The number of hydrogen-bond donors (Lipinski definition) is 1. The third-order valence-corrected chi connectivity index (χ3v) is 4.62. The van der Waals surface area contributed by atoms with Gasteiger partial charge >= 0.3 is 0 Å². The van der Waals surface area contributed by atoms with Crippen molar-refractivity contribution in [1.82, 2.24) is 0 Å². The van der Waals surface area contributed by atoms with E-state index >= 15 is 0 Å². The van der Waals surface area contributed by atoms with Crippen LogP contribution in [0.4, 0.5) is 0 Å². The fraction of sp³-hybridized carbons (Fsp3) is 0.182. The van der Waals surface area contributed by atoms with Crippen LogP contribution < -0.4 is 0 Å². The lowest BCUT2D eigenvalue weighted by atomic mass is 9.88. The number of hydrogen-bond acceptors (Lipinski definition) is 1. The van der Waals surface area contributed by atoms with Gasteiger partial charge in [0.05, 0.1) is 0 Å². The summed E-state index contributed by atoms with van der Waals surface area (Å²) in [5, 5.41) is 10.5. The smallest absolute Gasteiger partial charge is 0.119 e. The molecule has 0 aliphatic rings. The Balaban J connectivity index is 1.89. The first-order chi connectivity index (χ1) is 11.2. The normalized spacial score (nSPS) is 13.5. The second kappa shape index (κ2) is 6.70. The second-order valence-corrected chi connectivity index (χ2v) is 6.08. The molecule has 0 spiro atoms. The van der Waals surface area contributed by atoms with Crippen molar-refractivity contribution < 1.29 is 5.11 Å².